The molecular weight excluding hydrogens is 320 g/mol. The molecule has 0 aliphatic heterocycles. The summed E-state index contributed by atoms with van der Waals surface area (Å²) in [5, 5.41) is 2.83. The van der Waals surface area contributed by atoms with Gasteiger partial charge in [0.2, 0.25) is 5.91 Å². The van der Waals surface area contributed by atoms with Crippen molar-refractivity contribution < 1.29 is 18.7 Å². The molecule has 0 aliphatic rings. The van der Waals surface area contributed by atoms with Gasteiger partial charge in [0.1, 0.15) is 5.76 Å². The van der Waals surface area contributed by atoms with E-state index in [1.807, 2.05) is 26.8 Å². The van der Waals surface area contributed by atoms with Crippen LogP contribution >= 0.6 is 0 Å². The minimum atomic E-state index is -0.351. The Kier molecular flexibility index (Phi) is 5.96. The number of benzene rings is 1. The van der Waals surface area contributed by atoms with Gasteiger partial charge in [-0.1, -0.05) is 39.0 Å². The molecule has 2 aromatic rings. The first-order valence-corrected chi connectivity index (χ1v) is 8.19. The molecule has 0 atom stereocenters. The number of nitrogens with one attached hydrogen (secondary N) is 1. The number of ether oxygens (including phenoxy) is 1. The normalized spacial score (nSPS) is 11.2. The number of carbonyl (C=O) groups is 2. The van der Waals surface area contributed by atoms with Gasteiger partial charge in [-0.3, -0.25) is 9.59 Å². The zero-order valence-electron chi connectivity index (χ0n) is 15.1. The van der Waals surface area contributed by atoms with Crippen molar-refractivity contribution in [2.24, 2.45) is 0 Å². The number of esters is 1. The number of anilines is 1. The van der Waals surface area contributed by atoms with E-state index in [0.29, 0.717) is 23.6 Å². The summed E-state index contributed by atoms with van der Waals surface area (Å²) in [7, 11) is 1.34. The average molecular weight is 344 g/mol. The van der Waals surface area contributed by atoms with Gasteiger partial charge < -0.3 is 14.5 Å². The van der Waals surface area contributed by atoms with Crippen LogP contribution in [0.15, 0.2) is 34.9 Å². The molecule has 1 amide bonds. The molecule has 0 radical (unpaired) electrons. The molecule has 25 heavy (non-hydrogen) atoms. The largest absolute Gasteiger partial charge is 0.469 e. The number of methoxy groups -OCH3 is 1. The summed E-state index contributed by atoms with van der Waals surface area (Å²) >= 11 is 0. The van der Waals surface area contributed by atoms with Gasteiger partial charge in [-0.25, -0.2) is 4.98 Å². The maximum absolute atomic E-state index is 12.2. The van der Waals surface area contributed by atoms with Crippen LogP contribution in [0.5, 0.6) is 0 Å². The molecule has 1 aromatic carbocycles. The van der Waals surface area contributed by atoms with Crippen LogP contribution in [0.3, 0.4) is 0 Å². The van der Waals surface area contributed by atoms with Crippen LogP contribution in [-0.2, 0) is 32.6 Å². The molecule has 134 valence electrons. The summed E-state index contributed by atoms with van der Waals surface area (Å²) in [4.78, 5) is 27.9. The zero-order chi connectivity index (χ0) is 18.4. The molecule has 0 spiro atoms. The first-order valence-electron chi connectivity index (χ1n) is 8.19. The standard InChI is InChI=1S/C19H24N2O4/c1-19(2,3)15-12-20-17(25-15)10-9-16(22)21-14-8-6-5-7-13(14)11-18(23)24-4/h5-8,12H,9-11H2,1-4H3,(H,21,22). The number of carbonyl (C=O) groups excluding carboxylic acids is 2. The van der Waals surface area contributed by atoms with E-state index >= 15 is 0 Å². The second-order valence-corrected chi connectivity index (χ2v) is 6.83. The quantitative estimate of drug-likeness (QED) is 0.814. The Balaban J connectivity index is 1.95. The molecule has 1 aromatic heterocycles. The van der Waals surface area contributed by atoms with E-state index in [2.05, 4.69) is 15.0 Å². The SMILES string of the molecule is COC(=O)Cc1ccccc1NC(=O)CCc1ncc(C(C)(C)C)o1. The molecule has 0 saturated heterocycles. The van der Waals surface area contributed by atoms with E-state index in [1.165, 1.54) is 7.11 Å². The van der Waals surface area contributed by atoms with Crippen molar-refractivity contribution >= 4 is 17.6 Å². The fourth-order valence-electron chi connectivity index (χ4n) is 2.23. The van der Waals surface area contributed by atoms with Crippen LogP contribution in [0.4, 0.5) is 5.69 Å². The predicted octanol–water partition coefficient (Wildman–Crippen LogP) is 3.26. The number of hydrogen-bond donors (Lipinski definition) is 1. The maximum atomic E-state index is 12.2. The van der Waals surface area contributed by atoms with E-state index in [1.54, 1.807) is 24.4 Å². The Bertz CT molecular complexity index is 744. The number of nitrogens with zero attached hydrogens (tertiary/aromatic N) is 1. The van der Waals surface area contributed by atoms with Crippen molar-refractivity contribution in [2.75, 3.05) is 12.4 Å². The van der Waals surface area contributed by atoms with E-state index in [4.69, 9.17) is 4.42 Å². The summed E-state index contributed by atoms with van der Waals surface area (Å²) in [5.74, 6) is 0.832. The second kappa shape index (κ2) is 7.96. The Hall–Kier alpha value is -2.63. The molecule has 0 saturated carbocycles. The van der Waals surface area contributed by atoms with E-state index in [9.17, 15) is 9.59 Å². The topological polar surface area (TPSA) is 81.4 Å². The lowest BCUT2D eigenvalue weighted by Crippen LogP contribution is -2.15. The van der Waals surface area contributed by atoms with Gasteiger partial charge in [0, 0.05) is 23.9 Å². The minimum Gasteiger partial charge on any atom is -0.469 e. The highest BCUT2D eigenvalue weighted by Gasteiger charge is 2.19. The minimum absolute atomic E-state index is 0.111. The Morgan fingerprint density at radius 2 is 1.96 bits per heavy atom. The molecule has 1 N–H and O–H groups in total. The molecule has 0 unspecified atom stereocenters. The molecule has 0 fully saturated rings. The van der Waals surface area contributed by atoms with Crippen molar-refractivity contribution in [3.05, 3.63) is 47.7 Å². The van der Waals surface area contributed by atoms with Crippen molar-refractivity contribution in [2.45, 2.75) is 45.4 Å². The van der Waals surface area contributed by atoms with Crippen molar-refractivity contribution in [1.82, 2.24) is 4.98 Å². The molecule has 6 nitrogen and oxygen atoms in total. The fourth-order valence-corrected chi connectivity index (χ4v) is 2.23. The van der Waals surface area contributed by atoms with Crippen LogP contribution < -0.4 is 5.32 Å². The lowest BCUT2D eigenvalue weighted by Gasteiger charge is -2.13. The Labute approximate surface area is 147 Å². The van der Waals surface area contributed by atoms with E-state index in [0.717, 1.165) is 5.76 Å². The summed E-state index contributed by atoms with van der Waals surface area (Å²) in [6, 6.07) is 7.17. The highest BCUT2D eigenvalue weighted by Crippen LogP contribution is 2.23. The van der Waals surface area contributed by atoms with Gasteiger partial charge in [0.05, 0.1) is 19.7 Å². The van der Waals surface area contributed by atoms with Crippen LogP contribution in [-0.4, -0.2) is 24.0 Å². The fraction of sp³-hybridized carbons (Fsp3) is 0.421. The van der Waals surface area contributed by atoms with Gasteiger partial charge in [-0.15, -0.1) is 0 Å². The number of oxazole rings is 1. The summed E-state index contributed by atoms with van der Waals surface area (Å²) in [6.07, 6.45) is 2.48. The van der Waals surface area contributed by atoms with E-state index < -0.39 is 0 Å². The van der Waals surface area contributed by atoms with Crippen molar-refractivity contribution in [3.8, 4) is 0 Å². The van der Waals surface area contributed by atoms with Crippen LogP contribution in [0.2, 0.25) is 0 Å². The summed E-state index contributed by atoms with van der Waals surface area (Å²) in [5.41, 5.74) is 1.22. The number of para-hydroxylation sites is 1. The average Bonchev–Trinajstić information content (AvgIpc) is 3.04. The molecule has 2 rings (SSSR count). The molecule has 6 heteroatoms. The lowest BCUT2D eigenvalue weighted by molar-refractivity contribution is -0.139. The van der Waals surface area contributed by atoms with Crippen molar-refractivity contribution in [3.63, 3.8) is 0 Å². The first-order chi connectivity index (χ1) is 11.8. The van der Waals surface area contributed by atoms with Gasteiger partial charge in [-0.05, 0) is 11.6 Å². The number of amides is 1. The highest BCUT2D eigenvalue weighted by atomic mass is 16.5. The van der Waals surface area contributed by atoms with Gasteiger partial charge >= 0.3 is 5.97 Å². The Morgan fingerprint density at radius 3 is 2.60 bits per heavy atom. The number of aromatic nitrogens is 1. The smallest absolute Gasteiger partial charge is 0.310 e. The number of hydrogen-bond acceptors (Lipinski definition) is 5. The molecular formula is C19H24N2O4. The summed E-state index contributed by atoms with van der Waals surface area (Å²) < 4.78 is 10.4. The maximum Gasteiger partial charge on any atom is 0.310 e. The third kappa shape index (κ3) is 5.45. The number of aryl methyl sites for hydroxylation is 1. The van der Waals surface area contributed by atoms with Gasteiger partial charge in [0.25, 0.3) is 0 Å². The molecule has 1 heterocycles. The van der Waals surface area contributed by atoms with Crippen LogP contribution in [0.1, 0.15) is 44.4 Å². The number of rotatable bonds is 6. The third-order valence-electron chi connectivity index (χ3n) is 3.71. The lowest BCUT2D eigenvalue weighted by atomic mass is 9.94. The zero-order valence-corrected chi connectivity index (χ0v) is 15.1. The van der Waals surface area contributed by atoms with Crippen molar-refractivity contribution in [1.29, 1.82) is 0 Å². The highest BCUT2D eigenvalue weighted by molar-refractivity contribution is 5.92. The van der Waals surface area contributed by atoms with E-state index in [-0.39, 0.29) is 30.1 Å². The predicted molar refractivity (Wildman–Crippen MR) is 94.3 cm³/mol. The third-order valence-corrected chi connectivity index (χ3v) is 3.71. The van der Waals surface area contributed by atoms with Crippen LogP contribution in [0.25, 0.3) is 0 Å². The van der Waals surface area contributed by atoms with Gasteiger partial charge in [-0.2, -0.15) is 0 Å². The first kappa shape index (κ1) is 18.7. The monoisotopic (exact) mass is 344 g/mol. The van der Waals surface area contributed by atoms with Crippen LogP contribution in [0, 0.1) is 0 Å². The molecule has 0 bridgehead atoms. The Morgan fingerprint density at radius 1 is 1.24 bits per heavy atom. The summed E-state index contributed by atoms with van der Waals surface area (Å²) in [6.45, 7) is 6.13. The molecule has 0 aliphatic carbocycles. The second-order valence-electron chi connectivity index (χ2n) is 6.83. The van der Waals surface area contributed by atoms with Gasteiger partial charge in [0.15, 0.2) is 5.89 Å².